The maximum atomic E-state index is 12.3. The molecule has 9 nitrogen and oxygen atoms in total. The number of halogens is 1. The van der Waals surface area contributed by atoms with Gasteiger partial charge in [0.15, 0.2) is 11.5 Å². The molecule has 0 bridgehead atoms. The third-order valence-electron chi connectivity index (χ3n) is 3.79. The molecule has 0 spiro atoms. The van der Waals surface area contributed by atoms with Crippen molar-refractivity contribution in [3.8, 4) is 0 Å². The van der Waals surface area contributed by atoms with Crippen molar-refractivity contribution in [3.63, 3.8) is 0 Å². The number of aromatic nitrogens is 3. The SMILES string of the molecule is CCNS(=O)(=O)c1cnn2c(Nc3ccc(Cl)cc3C)c(C(=O)O)cnc12. The van der Waals surface area contributed by atoms with Gasteiger partial charge in [-0.3, -0.25) is 0 Å². The van der Waals surface area contributed by atoms with E-state index in [1.165, 1.54) is 0 Å². The van der Waals surface area contributed by atoms with Gasteiger partial charge in [-0.15, -0.1) is 0 Å². The van der Waals surface area contributed by atoms with Crippen LogP contribution in [0.15, 0.2) is 35.5 Å². The molecular formula is C16H16ClN5O4S. The summed E-state index contributed by atoms with van der Waals surface area (Å²) in [4.78, 5) is 15.5. The second-order valence-electron chi connectivity index (χ2n) is 5.66. The number of carboxylic acids is 1. The number of rotatable bonds is 6. The van der Waals surface area contributed by atoms with Crippen LogP contribution in [-0.4, -0.2) is 40.6 Å². The summed E-state index contributed by atoms with van der Waals surface area (Å²) in [5.74, 6) is -1.15. The van der Waals surface area contributed by atoms with Gasteiger partial charge in [-0.25, -0.2) is 22.9 Å². The molecule has 0 unspecified atom stereocenters. The van der Waals surface area contributed by atoms with Crippen LogP contribution >= 0.6 is 11.6 Å². The summed E-state index contributed by atoms with van der Waals surface area (Å²) in [5.41, 5.74) is 1.22. The molecule has 0 fully saturated rings. The molecule has 3 aromatic rings. The molecule has 3 rings (SSSR count). The fraction of sp³-hybridized carbons (Fsp3) is 0.188. The number of aryl methyl sites for hydroxylation is 1. The zero-order chi connectivity index (χ0) is 19.8. The van der Waals surface area contributed by atoms with Crippen LogP contribution in [0, 0.1) is 6.92 Å². The van der Waals surface area contributed by atoms with Gasteiger partial charge in [-0.1, -0.05) is 18.5 Å². The minimum atomic E-state index is -3.82. The molecule has 2 heterocycles. The van der Waals surface area contributed by atoms with Gasteiger partial charge in [0.05, 0.1) is 6.20 Å². The average Bonchev–Trinajstić information content (AvgIpc) is 3.02. The fourth-order valence-corrected chi connectivity index (χ4v) is 3.87. The zero-order valence-electron chi connectivity index (χ0n) is 14.4. The van der Waals surface area contributed by atoms with E-state index in [1.54, 1.807) is 32.0 Å². The van der Waals surface area contributed by atoms with Crippen molar-refractivity contribution < 1.29 is 18.3 Å². The number of aromatic carboxylic acids is 1. The Morgan fingerprint density at radius 1 is 1.33 bits per heavy atom. The highest BCUT2D eigenvalue weighted by Crippen LogP contribution is 2.27. The number of benzene rings is 1. The largest absolute Gasteiger partial charge is 0.477 e. The molecule has 27 heavy (non-hydrogen) atoms. The zero-order valence-corrected chi connectivity index (χ0v) is 16.0. The summed E-state index contributed by atoms with van der Waals surface area (Å²) < 4.78 is 28.2. The number of fused-ring (bicyclic) bond motifs is 1. The van der Waals surface area contributed by atoms with Gasteiger partial charge in [0.2, 0.25) is 10.0 Å². The topological polar surface area (TPSA) is 126 Å². The maximum Gasteiger partial charge on any atom is 0.341 e. The van der Waals surface area contributed by atoms with Crippen LogP contribution in [0.5, 0.6) is 0 Å². The van der Waals surface area contributed by atoms with Crippen LogP contribution in [0.3, 0.4) is 0 Å². The van der Waals surface area contributed by atoms with Crippen molar-refractivity contribution in [2.75, 3.05) is 11.9 Å². The molecule has 142 valence electrons. The number of nitrogens with one attached hydrogen (secondary N) is 2. The number of sulfonamides is 1. The minimum Gasteiger partial charge on any atom is -0.477 e. The van der Waals surface area contributed by atoms with Crippen molar-refractivity contribution in [3.05, 3.63) is 46.7 Å². The molecule has 0 saturated heterocycles. The first-order valence-electron chi connectivity index (χ1n) is 7.87. The highest BCUT2D eigenvalue weighted by molar-refractivity contribution is 7.89. The van der Waals surface area contributed by atoms with E-state index in [2.05, 4.69) is 20.1 Å². The highest BCUT2D eigenvalue weighted by Gasteiger charge is 2.24. The molecule has 11 heteroatoms. The molecule has 0 aliphatic rings. The van der Waals surface area contributed by atoms with Crippen LogP contribution in [-0.2, 0) is 10.0 Å². The van der Waals surface area contributed by atoms with Crippen LogP contribution in [0.25, 0.3) is 5.65 Å². The van der Waals surface area contributed by atoms with Gasteiger partial charge in [0, 0.05) is 23.5 Å². The second kappa shape index (κ2) is 7.14. The summed E-state index contributed by atoms with van der Waals surface area (Å²) in [5, 5.41) is 17.1. The van der Waals surface area contributed by atoms with Gasteiger partial charge in [-0.05, 0) is 30.7 Å². The Hall–Kier alpha value is -2.69. The number of nitrogens with zero attached hydrogens (tertiary/aromatic N) is 3. The average molecular weight is 410 g/mol. The molecular weight excluding hydrogens is 394 g/mol. The smallest absolute Gasteiger partial charge is 0.341 e. The molecule has 2 aromatic heterocycles. The molecule has 0 atom stereocenters. The summed E-state index contributed by atoms with van der Waals surface area (Å²) in [6.45, 7) is 3.65. The van der Waals surface area contributed by atoms with E-state index in [-0.39, 0.29) is 28.5 Å². The van der Waals surface area contributed by atoms with Gasteiger partial charge in [0.25, 0.3) is 0 Å². The Kier molecular flexibility index (Phi) is 5.05. The molecule has 1 aromatic carbocycles. The summed E-state index contributed by atoms with van der Waals surface area (Å²) in [6.07, 6.45) is 2.23. The second-order valence-corrected chi connectivity index (χ2v) is 7.83. The third kappa shape index (κ3) is 3.59. The Morgan fingerprint density at radius 2 is 2.07 bits per heavy atom. The first kappa shape index (κ1) is 19.1. The quantitative estimate of drug-likeness (QED) is 0.570. The molecule has 0 radical (unpaired) electrons. The van der Waals surface area contributed by atoms with Crippen LogP contribution in [0.4, 0.5) is 11.5 Å². The van der Waals surface area contributed by atoms with Gasteiger partial charge in [-0.2, -0.15) is 9.61 Å². The molecule has 0 aliphatic carbocycles. The Labute approximate surface area is 160 Å². The van der Waals surface area contributed by atoms with E-state index in [0.717, 1.165) is 22.5 Å². The highest BCUT2D eigenvalue weighted by atomic mass is 35.5. The number of carboxylic acid groups (broad SMARTS) is 1. The van der Waals surface area contributed by atoms with Crippen molar-refractivity contribution in [2.45, 2.75) is 18.7 Å². The monoisotopic (exact) mass is 409 g/mol. The summed E-state index contributed by atoms with van der Waals surface area (Å²) >= 11 is 5.96. The van der Waals surface area contributed by atoms with Crippen molar-refractivity contribution in [2.24, 2.45) is 0 Å². The Morgan fingerprint density at radius 3 is 2.70 bits per heavy atom. The lowest BCUT2D eigenvalue weighted by atomic mass is 10.2. The molecule has 3 N–H and O–H groups in total. The van der Waals surface area contributed by atoms with Crippen molar-refractivity contribution in [1.29, 1.82) is 0 Å². The summed E-state index contributed by atoms with van der Waals surface area (Å²) in [6, 6.07) is 5.06. The first-order valence-corrected chi connectivity index (χ1v) is 9.73. The number of carbonyl (C=O) groups is 1. The lowest BCUT2D eigenvalue weighted by Crippen LogP contribution is -2.23. The number of hydrogen-bond acceptors (Lipinski definition) is 6. The first-order chi connectivity index (χ1) is 12.7. The molecule has 0 aliphatic heterocycles. The lowest BCUT2D eigenvalue weighted by Gasteiger charge is -2.13. The lowest BCUT2D eigenvalue weighted by molar-refractivity contribution is 0.0697. The molecule has 0 saturated carbocycles. The van der Waals surface area contributed by atoms with E-state index in [9.17, 15) is 18.3 Å². The van der Waals surface area contributed by atoms with E-state index < -0.39 is 16.0 Å². The Balaban J connectivity index is 2.21. The normalized spacial score (nSPS) is 11.7. The third-order valence-corrected chi connectivity index (χ3v) is 5.56. The maximum absolute atomic E-state index is 12.3. The molecule has 0 amide bonds. The van der Waals surface area contributed by atoms with Gasteiger partial charge >= 0.3 is 5.97 Å². The van der Waals surface area contributed by atoms with E-state index in [0.29, 0.717) is 10.7 Å². The fourth-order valence-electron chi connectivity index (χ4n) is 2.54. The van der Waals surface area contributed by atoms with E-state index in [1.807, 2.05) is 0 Å². The predicted octanol–water partition coefficient (Wildman–Crippen LogP) is 2.43. The van der Waals surface area contributed by atoms with Crippen LogP contribution in [0.2, 0.25) is 5.02 Å². The number of anilines is 2. The number of hydrogen-bond donors (Lipinski definition) is 3. The predicted molar refractivity (Wildman–Crippen MR) is 100 cm³/mol. The minimum absolute atomic E-state index is 0.00932. The standard InChI is InChI=1S/C16H16ClN5O4S/c1-3-20-27(25,26)13-8-19-22-14(11(16(23)24)7-18-15(13)22)21-12-5-4-10(17)6-9(12)2/h4-8,20-21H,3H2,1-2H3,(H,23,24). The van der Waals surface area contributed by atoms with Gasteiger partial charge < -0.3 is 10.4 Å². The van der Waals surface area contributed by atoms with Crippen LogP contribution < -0.4 is 10.0 Å². The Bertz CT molecular complexity index is 1140. The van der Waals surface area contributed by atoms with E-state index >= 15 is 0 Å². The van der Waals surface area contributed by atoms with Crippen molar-refractivity contribution in [1.82, 2.24) is 19.3 Å². The van der Waals surface area contributed by atoms with Crippen LogP contribution in [0.1, 0.15) is 22.8 Å². The van der Waals surface area contributed by atoms with Crippen molar-refractivity contribution >= 4 is 44.7 Å². The van der Waals surface area contributed by atoms with Gasteiger partial charge in [0.1, 0.15) is 10.5 Å². The van der Waals surface area contributed by atoms with E-state index in [4.69, 9.17) is 11.6 Å². The summed E-state index contributed by atoms with van der Waals surface area (Å²) in [7, 11) is -3.82.